The molecule has 2 amide bonds. The van der Waals surface area contributed by atoms with Crippen molar-refractivity contribution in [3.63, 3.8) is 0 Å². The molecular formula is C26H23NO7S2. The molecule has 36 heavy (non-hydrogen) atoms. The van der Waals surface area contributed by atoms with Gasteiger partial charge in [0.1, 0.15) is 17.3 Å². The molecule has 1 saturated heterocycles. The minimum absolute atomic E-state index is 0.00791. The van der Waals surface area contributed by atoms with Crippen LogP contribution in [0.15, 0.2) is 82.6 Å². The minimum atomic E-state index is -4.10. The lowest BCUT2D eigenvalue weighted by Crippen LogP contribution is -2.32. The summed E-state index contributed by atoms with van der Waals surface area (Å²) in [5, 5.41) is -0.407. The van der Waals surface area contributed by atoms with Crippen LogP contribution in [-0.2, 0) is 14.9 Å². The fourth-order valence-corrected chi connectivity index (χ4v) is 5.22. The van der Waals surface area contributed by atoms with Gasteiger partial charge in [-0.3, -0.25) is 14.5 Å². The fraction of sp³-hybridized carbons (Fsp3) is 0.154. The number of nitrogens with zero attached hydrogens (tertiary/aromatic N) is 1. The molecule has 0 spiro atoms. The van der Waals surface area contributed by atoms with E-state index in [9.17, 15) is 18.0 Å². The van der Waals surface area contributed by atoms with E-state index in [1.807, 2.05) is 31.2 Å². The SMILES string of the molecule is COc1ccc(/C=C2\SC(=O)N(CCOc3cccc(C)c3)C2=O)cc1OS(=O)(=O)c1ccccc1. The molecule has 3 aromatic carbocycles. The monoisotopic (exact) mass is 525 g/mol. The van der Waals surface area contributed by atoms with Crippen molar-refractivity contribution in [3.05, 3.63) is 88.8 Å². The van der Waals surface area contributed by atoms with Crippen molar-refractivity contribution in [2.45, 2.75) is 11.8 Å². The summed E-state index contributed by atoms with van der Waals surface area (Å²) in [6.07, 6.45) is 1.51. The van der Waals surface area contributed by atoms with Gasteiger partial charge in [0.2, 0.25) is 0 Å². The maximum absolute atomic E-state index is 12.8. The quantitative estimate of drug-likeness (QED) is 0.288. The van der Waals surface area contributed by atoms with Crippen LogP contribution in [0, 0.1) is 6.92 Å². The van der Waals surface area contributed by atoms with Gasteiger partial charge in [-0.1, -0.05) is 36.4 Å². The van der Waals surface area contributed by atoms with Crippen molar-refractivity contribution in [1.82, 2.24) is 4.90 Å². The topological polar surface area (TPSA) is 99.2 Å². The first kappa shape index (κ1) is 25.3. The van der Waals surface area contributed by atoms with Gasteiger partial charge in [0, 0.05) is 0 Å². The number of hydrogen-bond donors (Lipinski definition) is 0. The summed E-state index contributed by atoms with van der Waals surface area (Å²) in [5.74, 6) is 0.371. The van der Waals surface area contributed by atoms with E-state index >= 15 is 0 Å². The van der Waals surface area contributed by atoms with Crippen molar-refractivity contribution in [2.24, 2.45) is 0 Å². The number of methoxy groups -OCH3 is 1. The van der Waals surface area contributed by atoms with Gasteiger partial charge in [0.15, 0.2) is 11.5 Å². The van der Waals surface area contributed by atoms with Crippen LogP contribution in [-0.4, -0.2) is 44.7 Å². The Morgan fingerprint density at radius 1 is 0.944 bits per heavy atom. The van der Waals surface area contributed by atoms with Crippen molar-refractivity contribution in [1.29, 1.82) is 0 Å². The number of aryl methyl sites for hydroxylation is 1. The first-order valence-corrected chi connectivity index (χ1v) is 13.1. The number of amides is 2. The number of carbonyl (C=O) groups excluding carboxylic acids is 2. The van der Waals surface area contributed by atoms with Gasteiger partial charge in [-0.2, -0.15) is 8.42 Å². The Labute approximate surface area is 213 Å². The number of thioether (sulfide) groups is 1. The van der Waals surface area contributed by atoms with E-state index < -0.39 is 21.3 Å². The normalized spacial score (nSPS) is 14.8. The molecule has 0 aromatic heterocycles. The Kier molecular flexibility index (Phi) is 7.66. The summed E-state index contributed by atoms with van der Waals surface area (Å²) >= 11 is 0.804. The molecule has 186 valence electrons. The third-order valence-corrected chi connectivity index (χ3v) is 7.32. The van der Waals surface area contributed by atoms with Crippen LogP contribution < -0.4 is 13.7 Å². The summed E-state index contributed by atoms with van der Waals surface area (Å²) in [6.45, 7) is 2.20. The smallest absolute Gasteiger partial charge is 0.339 e. The lowest BCUT2D eigenvalue weighted by molar-refractivity contribution is -0.123. The summed E-state index contributed by atoms with van der Waals surface area (Å²) in [7, 11) is -2.71. The van der Waals surface area contributed by atoms with E-state index in [0.29, 0.717) is 11.3 Å². The van der Waals surface area contributed by atoms with Gasteiger partial charge in [0.25, 0.3) is 11.1 Å². The molecule has 0 radical (unpaired) electrons. The average molecular weight is 526 g/mol. The average Bonchev–Trinajstić information content (AvgIpc) is 3.12. The maximum Gasteiger partial charge on any atom is 0.339 e. The Balaban J connectivity index is 1.49. The van der Waals surface area contributed by atoms with Crippen molar-refractivity contribution in [2.75, 3.05) is 20.3 Å². The Bertz CT molecular complexity index is 1420. The van der Waals surface area contributed by atoms with Crippen molar-refractivity contribution < 1.29 is 31.7 Å². The summed E-state index contributed by atoms with van der Waals surface area (Å²) < 4.78 is 41.6. The molecule has 4 rings (SSSR count). The first-order valence-electron chi connectivity index (χ1n) is 10.9. The van der Waals surface area contributed by atoms with Crippen LogP contribution in [0.5, 0.6) is 17.2 Å². The number of imide groups is 1. The highest BCUT2D eigenvalue weighted by Gasteiger charge is 2.35. The minimum Gasteiger partial charge on any atom is -0.493 e. The number of rotatable bonds is 9. The van der Waals surface area contributed by atoms with Crippen molar-refractivity contribution in [3.8, 4) is 17.2 Å². The predicted octanol–water partition coefficient (Wildman–Crippen LogP) is 4.89. The number of hydrogen-bond acceptors (Lipinski definition) is 8. The molecular weight excluding hydrogens is 502 g/mol. The van der Waals surface area contributed by atoms with E-state index in [1.165, 1.54) is 37.5 Å². The summed E-state index contributed by atoms with van der Waals surface area (Å²) in [4.78, 5) is 26.6. The van der Waals surface area contributed by atoms with E-state index in [4.69, 9.17) is 13.7 Å². The molecule has 1 aliphatic heterocycles. The van der Waals surface area contributed by atoms with Gasteiger partial charge in [-0.05, 0) is 72.3 Å². The fourth-order valence-electron chi connectivity index (χ4n) is 3.41. The molecule has 0 saturated carbocycles. The largest absolute Gasteiger partial charge is 0.493 e. The second-order valence-electron chi connectivity index (χ2n) is 7.76. The van der Waals surface area contributed by atoms with Gasteiger partial charge in [-0.15, -0.1) is 0 Å². The molecule has 1 fully saturated rings. The summed E-state index contributed by atoms with van der Waals surface area (Å²) in [6, 6.07) is 19.8. The lowest BCUT2D eigenvalue weighted by Gasteiger charge is -2.13. The third-order valence-electron chi connectivity index (χ3n) is 5.16. The standard InChI is InChI=1S/C26H23NO7S2/c1-18-7-6-8-20(15-18)33-14-13-27-25(28)24(35-26(27)29)17-19-11-12-22(32-2)23(16-19)34-36(30,31)21-9-4-3-5-10-21/h3-12,15-17H,13-14H2,1-2H3/b24-17-. The van der Waals surface area contributed by atoms with E-state index in [1.54, 1.807) is 24.3 Å². The second kappa shape index (κ2) is 10.9. The zero-order valence-electron chi connectivity index (χ0n) is 19.5. The number of carbonyl (C=O) groups is 2. The lowest BCUT2D eigenvalue weighted by atomic mass is 10.2. The Morgan fingerprint density at radius 3 is 2.44 bits per heavy atom. The maximum atomic E-state index is 12.8. The molecule has 8 nitrogen and oxygen atoms in total. The van der Waals surface area contributed by atoms with Crippen LogP contribution in [0.1, 0.15) is 11.1 Å². The Hall–Kier alpha value is -3.76. The van der Waals surface area contributed by atoms with E-state index in [-0.39, 0.29) is 34.5 Å². The number of benzene rings is 3. The van der Waals surface area contributed by atoms with Gasteiger partial charge < -0.3 is 13.7 Å². The van der Waals surface area contributed by atoms with E-state index in [0.717, 1.165) is 22.2 Å². The second-order valence-corrected chi connectivity index (χ2v) is 10.3. The molecule has 1 aliphatic rings. The van der Waals surface area contributed by atoms with E-state index in [2.05, 4.69) is 0 Å². The molecule has 0 atom stereocenters. The summed E-state index contributed by atoms with van der Waals surface area (Å²) in [5.41, 5.74) is 1.51. The van der Waals surface area contributed by atoms with Crippen LogP contribution in [0.2, 0.25) is 0 Å². The van der Waals surface area contributed by atoms with Crippen LogP contribution in [0.25, 0.3) is 6.08 Å². The molecule has 0 unspecified atom stereocenters. The molecule has 0 N–H and O–H groups in total. The van der Waals surface area contributed by atoms with Crippen LogP contribution >= 0.6 is 11.8 Å². The van der Waals surface area contributed by atoms with Crippen molar-refractivity contribution >= 4 is 39.1 Å². The molecule has 0 bridgehead atoms. The Morgan fingerprint density at radius 2 is 1.72 bits per heavy atom. The van der Waals surface area contributed by atoms with Crippen LogP contribution in [0.3, 0.4) is 0 Å². The van der Waals surface area contributed by atoms with Gasteiger partial charge in [0.05, 0.1) is 18.6 Å². The highest BCUT2D eigenvalue weighted by Crippen LogP contribution is 2.35. The highest BCUT2D eigenvalue weighted by atomic mass is 32.2. The zero-order valence-corrected chi connectivity index (χ0v) is 21.2. The number of ether oxygens (including phenoxy) is 2. The van der Waals surface area contributed by atoms with Crippen LogP contribution in [0.4, 0.5) is 4.79 Å². The predicted molar refractivity (Wildman–Crippen MR) is 137 cm³/mol. The highest BCUT2D eigenvalue weighted by molar-refractivity contribution is 8.18. The molecule has 0 aliphatic carbocycles. The molecule has 10 heteroatoms. The molecule has 3 aromatic rings. The third kappa shape index (κ3) is 5.89. The van der Waals surface area contributed by atoms with Gasteiger partial charge in [-0.25, -0.2) is 0 Å². The first-order chi connectivity index (χ1) is 17.3. The molecule has 1 heterocycles. The van der Waals surface area contributed by atoms with Gasteiger partial charge >= 0.3 is 10.1 Å². The zero-order chi connectivity index (χ0) is 25.7.